The van der Waals surface area contributed by atoms with E-state index >= 15 is 0 Å². The predicted molar refractivity (Wildman–Crippen MR) is 116 cm³/mol. The summed E-state index contributed by atoms with van der Waals surface area (Å²) in [5.41, 5.74) is 3.09. The van der Waals surface area contributed by atoms with Gasteiger partial charge in [0, 0.05) is 12.6 Å². The van der Waals surface area contributed by atoms with Gasteiger partial charge in [0.2, 0.25) is 0 Å². The van der Waals surface area contributed by atoms with Crippen molar-refractivity contribution in [3.05, 3.63) is 120 Å². The fraction of sp³-hybridized carbons (Fsp3) is 0.200. The largest absolute Gasteiger partial charge is 0.395 e. The number of nitrogens with one attached hydrogen (secondary N) is 2. The van der Waals surface area contributed by atoms with E-state index in [0.29, 0.717) is 6.54 Å². The van der Waals surface area contributed by atoms with E-state index in [1.165, 1.54) is 16.7 Å². The fourth-order valence-electron chi connectivity index (χ4n) is 3.56. The molecule has 3 aromatic carbocycles. The van der Waals surface area contributed by atoms with E-state index < -0.39 is 5.54 Å². The maximum atomic E-state index is 8.95. The van der Waals surface area contributed by atoms with Crippen molar-refractivity contribution in [2.24, 2.45) is 0 Å². The lowest BCUT2D eigenvalue weighted by Crippen LogP contribution is -2.48. The summed E-state index contributed by atoms with van der Waals surface area (Å²) in [4.78, 5) is 0. The molecule has 3 nitrogen and oxygen atoms in total. The molecule has 144 valence electrons. The van der Waals surface area contributed by atoms with Gasteiger partial charge in [0.1, 0.15) is 0 Å². The van der Waals surface area contributed by atoms with E-state index in [2.05, 4.69) is 96.4 Å². The molecule has 0 heterocycles. The summed E-state index contributed by atoms with van der Waals surface area (Å²) >= 11 is 0. The van der Waals surface area contributed by atoms with Crippen LogP contribution in [0.2, 0.25) is 0 Å². The third kappa shape index (κ3) is 4.50. The molecule has 3 N–H and O–H groups in total. The average Bonchev–Trinajstić information content (AvgIpc) is 2.77. The third-order valence-corrected chi connectivity index (χ3v) is 4.82. The minimum Gasteiger partial charge on any atom is -0.395 e. The summed E-state index contributed by atoms with van der Waals surface area (Å²) in [5, 5.41) is 15.9. The van der Waals surface area contributed by atoms with Crippen LogP contribution >= 0.6 is 0 Å². The Bertz CT molecular complexity index is 751. The van der Waals surface area contributed by atoms with Gasteiger partial charge in [-0.25, -0.2) is 0 Å². The van der Waals surface area contributed by atoms with Crippen LogP contribution in [0.4, 0.5) is 0 Å². The molecule has 0 saturated carbocycles. The zero-order valence-electron chi connectivity index (χ0n) is 16.3. The standard InChI is InChI=1S/C25H28N2O/c1-21(17-18-26-19-20-28)27-25(22-11-5-2-6-12-22,23-13-7-3-8-14-23)24-15-9-4-10-16-24/h2-18,21,26-28H,19-20H2,1H3/b18-17+. The Kier molecular flexibility index (Phi) is 7.01. The zero-order valence-corrected chi connectivity index (χ0v) is 16.3. The molecule has 3 aromatic rings. The van der Waals surface area contributed by atoms with Gasteiger partial charge in [0.25, 0.3) is 0 Å². The van der Waals surface area contributed by atoms with Gasteiger partial charge in [-0.3, -0.25) is 5.32 Å². The summed E-state index contributed by atoms with van der Waals surface area (Å²) in [6, 6.07) is 31.8. The van der Waals surface area contributed by atoms with Gasteiger partial charge in [-0.05, 0) is 29.8 Å². The van der Waals surface area contributed by atoms with Crippen LogP contribution < -0.4 is 10.6 Å². The second-order valence-electron chi connectivity index (χ2n) is 6.82. The van der Waals surface area contributed by atoms with E-state index in [0.717, 1.165) is 0 Å². The first kappa shape index (κ1) is 19.9. The molecule has 3 rings (SSSR count). The summed E-state index contributed by atoms with van der Waals surface area (Å²) < 4.78 is 0. The van der Waals surface area contributed by atoms with Crippen molar-refractivity contribution in [1.29, 1.82) is 0 Å². The Morgan fingerprint density at radius 3 is 1.61 bits per heavy atom. The molecule has 1 atom stereocenters. The number of aliphatic hydroxyl groups is 1. The Morgan fingerprint density at radius 2 is 1.21 bits per heavy atom. The Hall–Kier alpha value is -2.88. The van der Waals surface area contributed by atoms with Gasteiger partial charge in [0.15, 0.2) is 0 Å². The molecular formula is C25H28N2O. The van der Waals surface area contributed by atoms with E-state index in [-0.39, 0.29) is 12.6 Å². The van der Waals surface area contributed by atoms with Crippen molar-refractivity contribution in [3.8, 4) is 0 Å². The molecule has 0 aliphatic carbocycles. The van der Waals surface area contributed by atoms with Crippen molar-refractivity contribution in [1.82, 2.24) is 10.6 Å². The summed E-state index contributed by atoms with van der Waals surface area (Å²) in [6.45, 7) is 2.80. The highest BCUT2D eigenvalue weighted by Gasteiger charge is 2.36. The Labute approximate surface area is 167 Å². The van der Waals surface area contributed by atoms with E-state index in [1.807, 2.05) is 24.4 Å². The van der Waals surface area contributed by atoms with Crippen LogP contribution in [0.15, 0.2) is 103 Å². The van der Waals surface area contributed by atoms with Crippen LogP contribution in [-0.2, 0) is 5.54 Å². The van der Waals surface area contributed by atoms with Gasteiger partial charge in [-0.2, -0.15) is 0 Å². The number of aliphatic hydroxyl groups excluding tert-OH is 1. The van der Waals surface area contributed by atoms with E-state index in [9.17, 15) is 0 Å². The van der Waals surface area contributed by atoms with Crippen LogP contribution in [-0.4, -0.2) is 24.3 Å². The van der Waals surface area contributed by atoms with Crippen LogP contribution in [0.3, 0.4) is 0 Å². The molecule has 0 fully saturated rings. The molecule has 0 saturated heterocycles. The molecule has 0 bridgehead atoms. The summed E-state index contributed by atoms with van der Waals surface area (Å²) in [6.07, 6.45) is 3.98. The lowest BCUT2D eigenvalue weighted by atomic mass is 9.76. The molecule has 1 unspecified atom stereocenters. The lowest BCUT2D eigenvalue weighted by Gasteiger charge is -2.39. The van der Waals surface area contributed by atoms with Crippen molar-refractivity contribution in [3.63, 3.8) is 0 Å². The second kappa shape index (κ2) is 9.88. The highest BCUT2D eigenvalue weighted by Crippen LogP contribution is 2.37. The molecule has 0 aliphatic heterocycles. The minimum absolute atomic E-state index is 0.0896. The first-order valence-electron chi connectivity index (χ1n) is 9.72. The van der Waals surface area contributed by atoms with E-state index in [4.69, 9.17) is 5.11 Å². The highest BCUT2D eigenvalue weighted by molar-refractivity contribution is 5.49. The molecule has 0 spiro atoms. The maximum Gasteiger partial charge on any atom is 0.0952 e. The molecule has 0 amide bonds. The molecule has 0 radical (unpaired) electrons. The SMILES string of the molecule is CC(/C=C/NCCO)NC(c1ccccc1)(c1ccccc1)c1ccccc1. The van der Waals surface area contributed by atoms with E-state index in [1.54, 1.807) is 0 Å². The Morgan fingerprint density at radius 1 is 0.786 bits per heavy atom. The quantitative estimate of drug-likeness (QED) is 0.392. The van der Waals surface area contributed by atoms with Crippen molar-refractivity contribution in [2.45, 2.75) is 18.5 Å². The topological polar surface area (TPSA) is 44.3 Å². The van der Waals surface area contributed by atoms with Crippen molar-refractivity contribution >= 4 is 0 Å². The first-order chi connectivity index (χ1) is 13.8. The predicted octanol–water partition coefficient (Wildman–Crippen LogP) is 4.05. The molecule has 0 aliphatic rings. The van der Waals surface area contributed by atoms with Gasteiger partial charge in [0.05, 0.1) is 12.1 Å². The van der Waals surface area contributed by atoms with Gasteiger partial charge in [-0.15, -0.1) is 0 Å². The van der Waals surface area contributed by atoms with Crippen molar-refractivity contribution < 1.29 is 5.11 Å². The van der Waals surface area contributed by atoms with Gasteiger partial charge < -0.3 is 10.4 Å². The van der Waals surface area contributed by atoms with Crippen LogP contribution in [0.5, 0.6) is 0 Å². The first-order valence-corrected chi connectivity index (χ1v) is 9.72. The van der Waals surface area contributed by atoms with Crippen LogP contribution in [0.25, 0.3) is 0 Å². The number of hydrogen-bond donors (Lipinski definition) is 3. The number of hydrogen-bond acceptors (Lipinski definition) is 3. The van der Waals surface area contributed by atoms with Crippen molar-refractivity contribution in [2.75, 3.05) is 13.2 Å². The molecule has 0 aromatic heterocycles. The monoisotopic (exact) mass is 372 g/mol. The number of rotatable bonds is 9. The zero-order chi connectivity index (χ0) is 19.7. The molecule has 28 heavy (non-hydrogen) atoms. The molecule has 3 heteroatoms. The normalized spacial score (nSPS) is 12.8. The lowest BCUT2D eigenvalue weighted by molar-refractivity contribution is 0.298. The third-order valence-electron chi connectivity index (χ3n) is 4.82. The second-order valence-corrected chi connectivity index (χ2v) is 6.82. The molecular weight excluding hydrogens is 344 g/mol. The van der Waals surface area contributed by atoms with Crippen LogP contribution in [0.1, 0.15) is 23.6 Å². The van der Waals surface area contributed by atoms with Gasteiger partial charge in [-0.1, -0.05) is 97.1 Å². The smallest absolute Gasteiger partial charge is 0.0952 e. The highest BCUT2D eigenvalue weighted by atomic mass is 16.3. The fourth-order valence-corrected chi connectivity index (χ4v) is 3.56. The summed E-state index contributed by atoms with van der Waals surface area (Å²) in [5.74, 6) is 0. The minimum atomic E-state index is -0.482. The van der Waals surface area contributed by atoms with Gasteiger partial charge >= 0.3 is 0 Å². The van der Waals surface area contributed by atoms with Crippen LogP contribution in [0, 0.1) is 0 Å². The average molecular weight is 373 g/mol. The number of benzene rings is 3. The Balaban J connectivity index is 2.10. The maximum absolute atomic E-state index is 8.95. The summed E-state index contributed by atoms with van der Waals surface area (Å²) in [7, 11) is 0.